The molecule has 1 atom stereocenters. The number of hydrogen-bond acceptors (Lipinski definition) is 0. The molecule has 0 saturated heterocycles. The number of hydrogen-bond donors (Lipinski definition) is 0. The molecule has 0 amide bonds. The van der Waals surface area contributed by atoms with Crippen molar-refractivity contribution in [2.24, 2.45) is 0 Å². The van der Waals surface area contributed by atoms with Crippen LogP contribution in [-0.4, -0.2) is 17.4 Å². The fourth-order valence-electron chi connectivity index (χ4n) is 0.493. The highest BCUT2D eigenvalue weighted by Crippen LogP contribution is 2.09. The van der Waals surface area contributed by atoms with Crippen molar-refractivity contribution in [3.05, 3.63) is 0 Å². The molecule has 0 fully saturated rings. The van der Waals surface area contributed by atoms with Gasteiger partial charge in [-0.25, -0.2) is 0 Å². The Labute approximate surface area is 55.2 Å². The van der Waals surface area contributed by atoms with Gasteiger partial charge in [-0.2, -0.15) is 10.5 Å². The highest BCUT2D eigenvalue weighted by Gasteiger charge is 1.84. The fraction of sp³-hybridized carbons (Fsp3) is 0.857. The minimum absolute atomic E-state index is 0.473. The Morgan fingerprint density at radius 2 is 2.00 bits per heavy atom. The van der Waals surface area contributed by atoms with E-state index in [1.165, 1.54) is 24.3 Å². The number of unbranched alkanes of at least 4 members (excludes halogenated alkanes) is 1. The topological polar surface area (TPSA) is 0 Å². The lowest BCUT2D eigenvalue weighted by Gasteiger charge is -1.99. The van der Waals surface area contributed by atoms with E-state index in [1.807, 2.05) is 0 Å². The molecule has 0 bridgehead atoms. The summed E-state index contributed by atoms with van der Waals surface area (Å²) in [6.07, 6.45) is 2.68. The van der Waals surface area contributed by atoms with E-state index in [1.54, 1.807) is 0 Å². The molecule has 1 heteroatoms. The van der Waals surface area contributed by atoms with Crippen LogP contribution in [0.3, 0.4) is 0 Å². The Kier molecular flexibility index (Phi) is 5.51. The predicted octanol–water partition coefficient (Wildman–Crippen LogP) is 2.51. The van der Waals surface area contributed by atoms with E-state index < -0.39 is 0 Å². The van der Waals surface area contributed by atoms with Crippen LogP contribution >= 0.6 is 10.5 Å². The van der Waals surface area contributed by atoms with Crippen LogP contribution in [-0.2, 0) is 0 Å². The van der Waals surface area contributed by atoms with Crippen molar-refractivity contribution in [2.75, 3.05) is 11.5 Å². The monoisotopic (exact) mass is 132 g/mol. The molecule has 0 aliphatic heterocycles. The maximum absolute atomic E-state index is 4.02. The zero-order valence-corrected chi connectivity index (χ0v) is 6.76. The first kappa shape index (κ1) is 8.22. The first-order valence-corrected chi connectivity index (χ1v) is 5.01. The summed E-state index contributed by atoms with van der Waals surface area (Å²) in [5.41, 5.74) is 0. The molecule has 1 unspecified atom stereocenters. The Balaban J connectivity index is 2.99. The molecular formula is C7H16S. The van der Waals surface area contributed by atoms with Crippen molar-refractivity contribution in [1.29, 1.82) is 0 Å². The molecule has 0 aliphatic rings. The summed E-state index contributed by atoms with van der Waals surface area (Å²) in [7, 11) is 0.473. The van der Waals surface area contributed by atoms with Gasteiger partial charge in [0.1, 0.15) is 0 Å². The lowest BCUT2D eigenvalue weighted by molar-refractivity contribution is 0.896. The van der Waals surface area contributed by atoms with Gasteiger partial charge in [-0.15, -0.1) is 0 Å². The Morgan fingerprint density at radius 3 is 2.38 bits per heavy atom. The Morgan fingerprint density at radius 1 is 1.38 bits per heavy atom. The van der Waals surface area contributed by atoms with Gasteiger partial charge in [0.25, 0.3) is 0 Å². The largest absolute Gasteiger partial charge is 0.193 e. The van der Waals surface area contributed by atoms with E-state index in [2.05, 4.69) is 19.7 Å². The van der Waals surface area contributed by atoms with Gasteiger partial charge in [0, 0.05) is 0 Å². The molecule has 0 saturated carbocycles. The average Bonchev–Trinajstić information content (AvgIpc) is 1.83. The smallest absolute Gasteiger partial charge is 0.0123 e. The average molecular weight is 132 g/mol. The van der Waals surface area contributed by atoms with Gasteiger partial charge in [-0.05, 0) is 17.9 Å². The Bertz CT molecular complexity index is 66.8. The molecule has 0 aromatic rings. The van der Waals surface area contributed by atoms with Crippen molar-refractivity contribution in [1.82, 2.24) is 0 Å². The minimum atomic E-state index is 0.473. The van der Waals surface area contributed by atoms with Crippen LogP contribution in [0.15, 0.2) is 0 Å². The lowest BCUT2D eigenvalue weighted by atomic mass is 10.4. The van der Waals surface area contributed by atoms with Gasteiger partial charge in [-0.3, -0.25) is 0 Å². The van der Waals surface area contributed by atoms with Crippen molar-refractivity contribution in [2.45, 2.75) is 26.7 Å². The van der Waals surface area contributed by atoms with Crippen LogP contribution in [0.1, 0.15) is 26.7 Å². The quantitative estimate of drug-likeness (QED) is 0.516. The van der Waals surface area contributed by atoms with Gasteiger partial charge in [-0.1, -0.05) is 26.1 Å². The summed E-state index contributed by atoms with van der Waals surface area (Å²) in [6.45, 7) is 4.44. The van der Waals surface area contributed by atoms with Gasteiger partial charge < -0.3 is 0 Å². The fourth-order valence-corrected chi connectivity index (χ4v) is 1.48. The van der Waals surface area contributed by atoms with E-state index in [0.717, 1.165) is 0 Å². The van der Waals surface area contributed by atoms with E-state index in [0.29, 0.717) is 10.5 Å². The van der Waals surface area contributed by atoms with E-state index in [4.69, 9.17) is 0 Å². The van der Waals surface area contributed by atoms with Crippen LogP contribution < -0.4 is 0 Å². The summed E-state index contributed by atoms with van der Waals surface area (Å²) in [5, 5.41) is 0. The molecule has 0 rings (SSSR count). The van der Waals surface area contributed by atoms with E-state index in [9.17, 15) is 0 Å². The predicted molar refractivity (Wildman–Crippen MR) is 45.0 cm³/mol. The second-order valence-corrected chi connectivity index (χ2v) is 4.17. The van der Waals surface area contributed by atoms with Crippen LogP contribution in [0.5, 0.6) is 0 Å². The molecule has 0 aromatic carbocycles. The zero-order valence-electron chi connectivity index (χ0n) is 5.94. The third-order valence-corrected chi connectivity index (χ3v) is 2.88. The summed E-state index contributed by atoms with van der Waals surface area (Å²) in [6, 6.07) is 0. The molecule has 50 valence electrons. The summed E-state index contributed by atoms with van der Waals surface area (Å²) >= 11 is 0. The second-order valence-electron chi connectivity index (χ2n) is 1.96. The van der Waals surface area contributed by atoms with E-state index >= 15 is 0 Å². The van der Waals surface area contributed by atoms with Crippen LogP contribution in [0.2, 0.25) is 0 Å². The van der Waals surface area contributed by atoms with Gasteiger partial charge in [0.2, 0.25) is 0 Å². The standard InChI is InChI=1S/C7H16S/c1-4-6-7-8(3)5-2/h3-7H2,1-2H3. The highest BCUT2D eigenvalue weighted by atomic mass is 32.2. The normalized spacial score (nSPS) is 13.8. The molecule has 8 heavy (non-hydrogen) atoms. The summed E-state index contributed by atoms with van der Waals surface area (Å²) in [4.78, 5) is 0. The lowest BCUT2D eigenvalue weighted by Crippen LogP contribution is -1.81. The van der Waals surface area contributed by atoms with Crippen LogP contribution in [0, 0.1) is 0 Å². The maximum atomic E-state index is 4.02. The van der Waals surface area contributed by atoms with Crippen molar-refractivity contribution in [3.8, 4) is 0 Å². The summed E-state index contributed by atoms with van der Waals surface area (Å²) < 4.78 is 0. The summed E-state index contributed by atoms with van der Waals surface area (Å²) in [5.74, 6) is 6.63. The van der Waals surface area contributed by atoms with Gasteiger partial charge in [0.05, 0.1) is 0 Å². The van der Waals surface area contributed by atoms with Crippen molar-refractivity contribution >= 4 is 16.4 Å². The number of rotatable bonds is 4. The first-order valence-electron chi connectivity index (χ1n) is 3.28. The maximum Gasteiger partial charge on any atom is -0.0123 e. The molecule has 0 N–H and O–H groups in total. The van der Waals surface area contributed by atoms with Crippen molar-refractivity contribution < 1.29 is 0 Å². The molecule has 0 aliphatic carbocycles. The molecule has 0 aromatic heterocycles. The van der Waals surface area contributed by atoms with Crippen molar-refractivity contribution in [3.63, 3.8) is 0 Å². The second kappa shape index (κ2) is 5.36. The van der Waals surface area contributed by atoms with Gasteiger partial charge >= 0.3 is 0 Å². The van der Waals surface area contributed by atoms with Crippen LogP contribution in [0.4, 0.5) is 0 Å². The highest BCUT2D eigenvalue weighted by molar-refractivity contribution is 8.14. The van der Waals surface area contributed by atoms with Crippen LogP contribution in [0.25, 0.3) is 0 Å². The third-order valence-electron chi connectivity index (χ3n) is 1.19. The SMILES string of the molecule is C=S(CC)CCCC. The molecular weight excluding hydrogens is 116 g/mol. The minimum Gasteiger partial charge on any atom is -0.193 e. The molecule has 0 radical (unpaired) electrons. The molecule has 0 nitrogen and oxygen atoms in total. The molecule has 0 spiro atoms. The molecule has 0 heterocycles. The first-order chi connectivity index (χ1) is 3.81. The third kappa shape index (κ3) is 4.38. The van der Waals surface area contributed by atoms with Gasteiger partial charge in [0.15, 0.2) is 0 Å². The van der Waals surface area contributed by atoms with E-state index in [-0.39, 0.29) is 0 Å². The zero-order chi connectivity index (χ0) is 6.41. The Hall–Kier alpha value is 0.220.